The van der Waals surface area contributed by atoms with Crippen LogP contribution in [0.25, 0.3) is 0 Å². The van der Waals surface area contributed by atoms with E-state index in [0.29, 0.717) is 8.95 Å². The highest BCUT2D eigenvalue weighted by molar-refractivity contribution is 9.13. The second-order valence-electron chi connectivity index (χ2n) is 4.61. The number of nitrogens with zero attached hydrogens (tertiary/aromatic N) is 2. The van der Waals surface area contributed by atoms with Crippen molar-refractivity contribution in [3.8, 4) is 11.5 Å². The van der Waals surface area contributed by atoms with Crippen LogP contribution in [0.4, 0.5) is 5.69 Å². The lowest BCUT2D eigenvalue weighted by Crippen LogP contribution is -2.19. The molecule has 1 amide bonds. The zero-order valence-corrected chi connectivity index (χ0v) is 15.9. The van der Waals surface area contributed by atoms with Crippen molar-refractivity contribution in [2.75, 3.05) is 7.11 Å². The zero-order chi connectivity index (χ0) is 18.6. The van der Waals surface area contributed by atoms with Gasteiger partial charge in [-0.3, -0.25) is 14.9 Å². The van der Waals surface area contributed by atoms with Crippen LogP contribution >= 0.6 is 31.9 Å². The molecule has 0 aliphatic heterocycles. The molecular formula is C15H11Br2N3O5. The van der Waals surface area contributed by atoms with Crippen molar-refractivity contribution in [3.63, 3.8) is 0 Å². The smallest absolute Gasteiger partial charge is 0.282 e. The number of phenols is 1. The first kappa shape index (κ1) is 18.9. The van der Waals surface area contributed by atoms with Crippen LogP contribution in [0.3, 0.4) is 0 Å². The van der Waals surface area contributed by atoms with Gasteiger partial charge in [0.1, 0.15) is 5.56 Å². The number of para-hydroxylation sites is 1. The molecule has 0 aromatic heterocycles. The lowest BCUT2D eigenvalue weighted by atomic mass is 10.2. The fourth-order valence-corrected chi connectivity index (χ4v) is 2.75. The van der Waals surface area contributed by atoms with Crippen LogP contribution in [-0.4, -0.2) is 29.3 Å². The summed E-state index contributed by atoms with van der Waals surface area (Å²) >= 11 is 6.57. The third-order valence-corrected chi connectivity index (χ3v) is 5.13. The normalized spacial score (nSPS) is 10.7. The SMILES string of the molecule is COc1cc(Br)c(Br)c(/C=N\NC(=O)c2ccccc2[N+](=O)[O-])c1O. The first-order valence-electron chi connectivity index (χ1n) is 6.68. The van der Waals surface area contributed by atoms with E-state index in [-0.39, 0.29) is 28.3 Å². The van der Waals surface area contributed by atoms with E-state index in [1.807, 2.05) is 0 Å². The number of nitrogens with one attached hydrogen (secondary N) is 1. The number of benzene rings is 2. The molecule has 0 spiro atoms. The minimum Gasteiger partial charge on any atom is -0.504 e. The summed E-state index contributed by atoms with van der Waals surface area (Å²) in [6, 6.07) is 7.07. The highest BCUT2D eigenvalue weighted by Gasteiger charge is 2.19. The Balaban J connectivity index is 2.27. The molecule has 0 saturated heterocycles. The molecule has 0 saturated carbocycles. The maximum Gasteiger partial charge on any atom is 0.282 e. The van der Waals surface area contributed by atoms with Gasteiger partial charge in [0.2, 0.25) is 0 Å². The second-order valence-corrected chi connectivity index (χ2v) is 6.26. The van der Waals surface area contributed by atoms with E-state index in [0.717, 1.165) is 0 Å². The standard InChI is InChI=1S/C15H11Br2N3O5/c1-25-12-6-10(16)13(17)9(14(12)21)7-18-19-15(22)8-4-2-3-5-11(8)20(23)24/h2-7,21H,1H3,(H,19,22)/b18-7-. The summed E-state index contributed by atoms with van der Waals surface area (Å²) in [7, 11) is 1.40. The molecule has 130 valence electrons. The number of nitro groups is 1. The number of methoxy groups -OCH3 is 1. The molecule has 0 radical (unpaired) electrons. The molecule has 8 nitrogen and oxygen atoms in total. The Hall–Kier alpha value is -2.46. The highest BCUT2D eigenvalue weighted by Crippen LogP contribution is 2.39. The number of amides is 1. The molecule has 0 atom stereocenters. The number of ether oxygens (including phenoxy) is 1. The molecule has 0 aliphatic carbocycles. The van der Waals surface area contributed by atoms with Gasteiger partial charge in [-0.1, -0.05) is 12.1 Å². The molecule has 0 bridgehead atoms. The van der Waals surface area contributed by atoms with Crippen molar-refractivity contribution in [2.45, 2.75) is 0 Å². The van der Waals surface area contributed by atoms with Crippen LogP contribution in [0.2, 0.25) is 0 Å². The lowest BCUT2D eigenvalue weighted by Gasteiger charge is -2.09. The third-order valence-electron chi connectivity index (χ3n) is 3.12. The van der Waals surface area contributed by atoms with E-state index >= 15 is 0 Å². The molecule has 0 fully saturated rings. The average Bonchev–Trinajstić information content (AvgIpc) is 2.60. The van der Waals surface area contributed by atoms with E-state index in [4.69, 9.17) is 4.74 Å². The van der Waals surface area contributed by atoms with E-state index in [2.05, 4.69) is 42.4 Å². The summed E-state index contributed by atoms with van der Waals surface area (Å²) in [6.45, 7) is 0. The van der Waals surface area contributed by atoms with Crippen LogP contribution in [-0.2, 0) is 0 Å². The number of rotatable bonds is 5. The zero-order valence-electron chi connectivity index (χ0n) is 12.7. The first-order chi connectivity index (χ1) is 11.9. The number of hydrogen-bond acceptors (Lipinski definition) is 6. The van der Waals surface area contributed by atoms with Gasteiger partial charge < -0.3 is 9.84 Å². The van der Waals surface area contributed by atoms with E-state index in [9.17, 15) is 20.0 Å². The molecule has 0 heterocycles. The van der Waals surface area contributed by atoms with Crippen molar-refractivity contribution in [1.82, 2.24) is 5.43 Å². The van der Waals surface area contributed by atoms with Crippen molar-refractivity contribution < 1.29 is 19.6 Å². The minimum atomic E-state index is -0.749. The minimum absolute atomic E-state index is 0.125. The maximum absolute atomic E-state index is 12.1. The van der Waals surface area contributed by atoms with Crippen LogP contribution in [0, 0.1) is 10.1 Å². The van der Waals surface area contributed by atoms with E-state index < -0.39 is 10.8 Å². The van der Waals surface area contributed by atoms with Crippen molar-refractivity contribution in [2.24, 2.45) is 5.10 Å². The van der Waals surface area contributed by atoms with Gasteiger partial charge in [0.25, 0.3) is 11.6 Å². The first-order valence-corrected chi connectivity index (χ1v) is 8.27. The van der Waals surface area contributed by atoms with Crippen molar-refractivity contribution >= 4 is 49.7 Å². The van der Waals surface area contributed by atoms with E-state index in [1.54, 1.807) is 6.07 Å². The van der Waals surface area contributed by atoms with Gasteiger partial charge in [0.05, 0.1) is 23.8 Å². The van der Waals surface area contributed by atoms with E-state index in [1.165, 1.54) is 37.6 Å². The molecule has 2 rings (SSSR count). The molecular weight excluding hydrogens is 462 g/mol. The van der Waals surface area contributed by atoms with Gasteiger partial charge in [0, 0.05) is 15.0 Å². The summed E-state index contributed by atoms with van der Waals surface area (Å²) in [5.74, 6) is -0.719. The fraction of sp³-hybridized carbons (Fsp3) is 0.0667. The highest BCUT2D eigenvalue weighted by atomic mass is 79.9. The van der Waals surface area contributed by atoms with Crippen LogP contribution in [0.5, 0.6) is 11.5 Å². The Labute approximate surface area is 158 Å². The second kappa shape index (κ2) is 8.08. The van der Waals surface area contributed by atoms with Gasteiger partial charge in [-0.25, -0.2) is 5.43 Å². The molecule has 0 aliphatic rings. The number of hydrazone groups is 1. The number of phenolic OH excluding ortho intramolecular Hbond substituents is 1. The Kier molecular flexibility index (Phi) is 6.10. The predicted molar refractivity (Wildman–Crippen MR) is 98.2 cm³/mol. The molecule has 25 heavy (non-hydrogen) atoms. The van der Waals surface area contributed by atoms with Crippen LogP contribution in [0.15, 0.2) is 44.4 Å². The molecule has 0 unspecified atom stereocenters. The average molecular weight is 473 g/mol. The maximum atomic E-state index is 12.1. The van der Waals surface area contributed by atoms with Gasteiger partial charge >= 0.3 is 0 Å². The molecule has 10 heteroatoms. The quantitative estimate of drug-likeness (QED) is 0.392. The Morgan fingerprint density at radius 2 is 2.08 bits per heavy atom. The van der Waals surface area contributed by atoms with Crippen LogP contribution in [0.1, 0.15) is 15.9 Å². The van der Waals surface area contributed by atoms with Crippen molar-refractivity contribution in [1.29, 1.82) is 0 Å². The number of carbonyl (C=O) groups is 1. The molecule has 2 aromatic carbocycles. The van der Waals surface area contributed by atoms with Crippen LogP contribution < -0.4 is 10.2 Å². The Morgan fingerprint density at radius 3 is 2.72 bits per heavy atom. The monoisotopic (exact) mass is 471 g/mol. The summed E-state index contributed by atoms with van der Waals surface area (Å²) in [5.41, 5.74) is 2.00. The Bertz CT molecular complexity index is 870. The number of aromatic hydroxyl groups is 1. The number of halogens is 2. The molecule has 2 N–H and O–H groups in total. The van der Waals surface area contributed by atoms with Gasteiger partial charge in [-0.15, -0.1) is 0 Å². The van der Waals surface area contributed by atoms with Gasteiger partial charge in [-0.05, 0) is 44.0 Å². The molecule has 2 aromatic rings. The Morgan fingerprint density at radius 1 is 1.40 bits per heavy atom. The summed E-state index contributed by atoms with van der Waals surface area (Å²) in [6.07, 6.45) is 1.19. The number of carbonyl (C=O) groups excluding carboxylic acids is 1. The lowest BCUT2D eigenvalue weighted by molar-refractivity contribution is -0.385. The summed E-state index contributed by atoms with van der Waals surface area (Å²) < 4.78 is 6.14. The van der Waals surface area contributed by atoms with Gasteiger partial charge in [0.15, 0.2) is 11.5 Å². The number of hydrogen-bond donors (Lipinski definition) is 2. The summed E-state index contributed by atoms with van der Waals surface area (Å²) in [4.78, 5) is 22.4. The topological polar surface area (TPSA) is 114 Å². The fourth-order valence-electron chi connectivity index (χ4n) is 1.93. The predicted octanol–water partition coefficient (Wildman–Crippen LogP) is 3.60. The number of nitro benzene ring substituents is 1. The third kappa shape index (κ3) is 4.15. The largest absolute Gasteiger partial charge is 0.504 e. The summed E-state index contributed by atoms with van der Waals surface area (Å²) in [5, 5.41) is 24.8. The van der Waals surface area contributed by atoms with Gasteiger partial charge in [-0.2, -0.15) is 5.10 Å². The van der Waals surface area contributed by atoms with Crippen molar-refractivity contribution in [3.05, 3.63) is 60.5 Å².